The van der Waals surface area contributed by atoms with Crippen LogP contribution in [0.25, 0.3) is 22.3 Å². The lowest BCUT2D eigenvalue weighted by molar-refractivity contribution is 0.0198. The second-order valence-electron chi connectivity index (χ2n) is 9.15. The number of aromatic amines is 1. The van der Waals surface area contributed by atoms with Crippen LogP contribution in [0.5, 0.6) is 5.75 Å². The number of hydrogen-bond acceptors (Lipinski definition) is 6. The minimum absolute atomic E-state index is 0.128. The maximum Gasteiger partial charge on any atom is 0.253 e. The van der Waals surface area contributed by atoms with E-state index in [-0.39, 0.29) is 11.7 Å². The van der Waals surface area contributed by atoms with Crippen LogP contribution < -0.4 is 4.74 Å². The summed E-state index contributed by atoms with van der Waals surface area (Å²) < 4.78 is 21.0. The molecule has 1 amide bonds. The van der Waals surface area contributed by atoms with Crippen molar-refractivity contribution in [1.82, 2.24) is 34.5 Å². The van der Waals surface area contributed by atoms with Gasteiger partial charge in [0.05, 0.1) is 25.0 Å². The van der Waals surface area contributed by atoms with Gasteiger partial charge in [0.2, 0.25) is 0 Å². The second kappa shape index (κ2) is 8.77. The van der Waals surface area contributed by atoms with Gasteiger partial charge in [-0.25, -0.2) is 14.4 Å². The number of fused-ring (bicyclic) bond motifs is 1. The molecule has 0 unspecified atom stereocenters. The molecule has 0 atom stereocenters. The molecule has 0 spiro atoms. The third-order valence-corrected chi connectivity index (χ3v) is 7.16. The number of rotatable bonds is 5. The Morgan fingerprint density at radius 2 is 1.97 bits per heavy atom. The number of aromatic nitrogens is 5. The van der Waals surface area contributed by atoms with E-state index in [0.717, 1.165) is 48.2 Å². The van der Waals surface area contributed by atoms with Crippen molar-refractivity contribution in [3.63, 3.8) is 0 Å². The van der Waals surface area contributed by atoms with Gasteiger partial charge in [0, 0.05) is 61.1 Å². The summed E-state index contributed by atoms with van der Waals surface area (Å²) in [5.74, 6) is -0.498. The molecule has 0 aliphatic carbocycles. The molecule has 0 bridgehead atoms. The Balaban J connectivity index is 1.04. The molecule has 10 heteroatoms. The van der Waals surface area contributed by atoms with Crippen molar-refractivity contribution in [2.24, 2.45) is 0 Å². The maximum atomic E-state index is 14.0. The summed E-state index contributed by atoms with van der Waals surface area (Å²) in [5, 5.41) is 5.59. The average Bonchev–Trinajstić information content (AvgIpc) is 3.53. The monoisotopic (exact) mass is 475 g/mol. The van der Waals surface area contributed by atoms with Gasteiger partial charge in [0.25, 0.3) is 5.91 Å². The molecule has 2 saturated heterocycles. The molecule has 6 rings (SSSR count). The van der Waals surface area contributed by atoms with Crippen LogP contribution in [-0.2, 0) is 0 Å². The molecule has 2 aliphatic rings. The SMILES string of the molecule is COc1ccc(C(=O)N2CCC(N3CC(n4cc(-c5ncnc6[nH]ccc56)cn4)C3)CC2)cc1F. The third-order valence-electron chi connectivity index (χ3n) is 7.16. The fourth-order valence-electron chi connectivity index (χ4n) is 5.13. The first-order valence-electron chi connectivity index (χ1n) is 11.8. The van der Waals surface area contributed by atoms with Crippen LogP contribution >= 0.6 is 0 Å². The summed E-state index contributed by atoms with van der Waals surface area (Å²) in [6.07, 6.45) is 9.18. The van der Waals surface area contributed by atoms with E-state index < -0.39 is 5.82 Å². The molecule has 180 valence electrons. The van der Waals surface area contributed by atoms with E-state index in [2.05, 4.69) is 31.1 Å². The summed E-state index contributed by atoms with van der Waals surface area (Å²) in [4.78, 5) is 28.9. The predicted molar refractivity (Wildman–Crippen MR) is 128 cm³/mol. The fraction of sp³-hybridized carbons (Fsp3) is 0.360. The van der Waals surface area contributed by atoms with Gasteiger partial charge < -0.3 is 14.6 Å². The van der Waals surface area contributed by atoms with E-state index in [1.807, 2.05) is 28.0 Å². The van der Waals surface area contributed by atoms with Gasteiger partial charge in [0.15, 0.2) is 11.6 Å². The average molecular weight is 476 g/mol. The number of H-pyrrole nitrogens is 1. The highest BCUT2D eigenvalue weighted by atomic mass is 19.1. The number of nitrogens with one attached hydrogen (secondary N) is 1. The standard InChI is InChI=1S/C25H26FN7O2/c1-35-22-3-2-16(10-21(22)26)25(34)31-8-5-18(6-9-31)32-13-19(14-32)33-12-17(11-30-33)23-20-4-7-27-24(20)29-15-28-23/h2-4,7,10-12,15,18-19H,5-6,8-9,13-14H2,1H3,(H,27,28,29). The zero-order chi connectivity index (χ0) is 23.9. The van der Waals surface area contributed by atoms with Gasteiger partial charge in [-0.3, -0.25) is 14.4 Å². The number of piperidine rings is 1. The molecule has 1 aromatic carbocycles. The molecule has 2 aliphatic heterocycles. The van der Waals surface area contributed by atoms with Crippen molar-refractivity contribution in [1.29, 1.82) is 0 Å². The number of carbonyl (C=O) groups excluding carboxylic acids is 1. The van der Waals surface area contributed by atoms with Crippen LogP contribution in [0.4, 0.5) is 4.39 Å². The number of methoxy groups -OCH3 is 1. The Morgan fingerprint density at radius 1 is 1.14 bits per heavy atom. The highest BCUT2D eigenvalue weighted by Gasteiger charge is 2.36. The molecule has 35 heavy (non-hydrogen) atoms. The lowest BCUT2D eigenvalue weighted by Gasteiger charge is -2.47. The van der Waals surface area contributed by atoms with E-state index in [1.165, 1.54) is 19.2 Å². The number of benzene rings is 1. The Kier molecular flexibility index (Phi) is 5.44. The predicted octanol–water partition coefficient (Wildman–Crippen LogP) is 3.13. The molecular weight excluding hydrogens is 449 g/mol. The molecule has 3 aromatic heterocycles. The van der Waals surface area contributed by atoms with Crippen molar-refractivity contribution < 1.29 is 13.9 Å². The molecule has 2 fully saturated rings. The number of likely N-dealkylation sites (tertiary alicyclic amines) is 2. The zero-order valence-electron chi connectivity index (χ0n) is 19.4. The van der Waals surface area contributed by atoms with E-state index in [1.54, 1.807) is 12.4 Å². The molecule has 0 radical (unpaired) electrons. The van der Waals surface area contributed by atoms with Crippen LogP contribution in [-0.4, -0.2) is 79.8 Å². The highest BCUT2D eigenvalue weighted by molar-refractivity contribution is 5.94. The van der Waals surface area contributed by atoms with Gasteiger partial charge in [0.1, 0.15) is 12.0 Å². The first-order chi connectivity index (χ1) is 17.1. The van der Waals surface area contributed by atoms with Crippen molar-refractivity contribution in [2.75, 3.05) is 33.3 Å². The Bertz CT molecular complexity index is 1370. The topological polar surface area (TPSA) is 92.2 Å². The summed E-state index contributed by atoms with van der Waals surface area (Å²) in [6.45, 7) is 3.22. The number of hydrogen-bond donors (Lipinski definition) is 1. The fourth-order valence-corrected chi connectivity index (χ4v) is 5.13. The summed E-state index contributed by atoms with van der Waals surface area (Å²) >= 11 is 0. The lowest BCUT2D eigenvalue weighted by Crippen LogP contribution is -2.56. The minimum Gasteiger partial charge on any atom is -0.494 e. The van der Waals surface area contributed by atoms with Crippen molar-refractivity contribution in [3.05, 3.63) is 60.6 Å². The van der Waals surface area contributed by atoms with Crippen molar-refractivity contribution in [3.8, 4) is 17.0 Å². The Hall–Kier alpha value is -3.79. The quantitative estimate of drug-likeness (QED) is 0.477. The van der Waals surface area contributed by atoms with Gasteiger partial charge >= 0.3 is 0 Å². The molecule has 4 aromatic rings. The summed E-state index contributed by atoms with van der Waals surface area (Å²) in [6, 6.07) is 7.14. The number of nitrogens with zero attached hydrogens (tertiary/aromatic N) is 6. The van der Waals surface area contributed by atoms with Crippen LogP contribution in [0.1, 0.15) is 29.2 Å². The Labute approximate surface area is 201 Å². The molecular formula is C25H26FN7O2. The summed E-state index contributed by atoms with van der Waals surface area (Å²) in [5.41, 5.74) is 3.05. The van der Waals surface area contributed by atoms with E-state index in [4.69, 9.17) is 4.74 Å². The van der Waals surface area contributed by atoms with Crippen LogP contribution in [0.2, 0.25) is 0 Å². The minimum atomic E-state index is -0.515. The largest absolute Gasteiger partial charge is 0.494 e. The van der Waals surface area contributed by atoms with Gasteiger partial charge in [-0.05, 0) is 37.1 Å². The lowest BCUT2D eigenvalue weighted by atomic mass is 9.97. The van der Waals surface area contributed by atoms with Crippen LogP contribution in [0.3, 0.4) is 0 Å². The van der Waals surface area contributed by atoms with Gasteiger partial charge in [-0.2, -0.15) is 5.10 Å². The normalized spacial score (nSPS) is 17.6. The first kappa shape index (κ1) is 21.7. The van der Waals surface area contributed by atoms with Crippen molar-refractivity contribution in [2.45, 2.75) is 24.9 Å². The van der Waals surface area contributed by atoms with Crippen molar-refractivity contribution >= 4 is 16.9 Å². The summed E-state index contributed by atoms with van der Waals surface area (Å²) in [7, 11) is 1.41. The maximum absolute atomic E-state index is 14.0. The first-order valence-corrected chi connectivity index (χ1v) is 11.8. The number of ether oxygens (including phenoxy) is 1. The van der Waals surface area contributed by atoms with E-state index in [0.29, 0.717) is 30.7 Å². The molecule has 1 N–H and O–H groups in total. The van der Waals surface area contributed by atoms with E-state index in [9.17, 15) is 9.18 Å². The molecule has 5 heterocycles. The number of halogens is 1. The van der Waals surface area contributed by atoms with Gasteiger partial charge in [-0.1, -0.05) is 0 Å². The highest BCUT2D eigenvalue weighted by Crippen LogP contribution is 2.31. The third kappa shape index (κ3) is 3.93. The van der Waals surface area contributed by atoms with Crippen LogP contribution in [0.15, 0.2) is 49.2 Å². The Morgan fingerprint density at radius 3 is 2.74 bits per heavy atom. The zero-order valence-corrected chi connectivity index (χ0v) is 19.4. The smallest absolute Gasteiger partial charge is 0.253 e. The number of amides is 1. The van der Waals surface area contributed by atoms with Gasteiger partial charge in [-0.15, -0.1) is 0 Å². The van der Waals surface area contributed by atoms with Crippen LogP contribution in [0, 0.1) is 5.82 Å². The molecule has 9 nitrogen and oxygen atoms in total. The molecule has 0 saturated carbocycles. The second-order valence-corrected chi connectivity index (χ2v) is 9.15. The van der Waals surface area contributed by atoms with E-state index >= 15 is 0 Å². The number of carbonyl (C=O) groups is 1.